The highest BCUT2D eigenvalue weighted by molar-refractivity contribution is 5.90. The molecule has 0 saturated heterocycles. The van der Waals surface area contributed by atoms with Gasteiger partial charge in [-0.3, -0.25) is 4.79 Å². The van der Waals surface area contributed by atoms with E-state index in [4.69, 9.17) is 14.6 Å². The van der Waals surface area contributed by atoms with Crippen molar-refractivity contribution in [1.29, 1.82) is 0 Å². The number of hydrogen-bond donors (Lipinski definition) is 2. The van der Waals surface area contributed by atoms with E-state index < -0.39 is 12.2 Å². The number of rotatable bonds is 12. The summed E-state index contributed by atoms with van der Waals surface area (Å²) in [7, 11) is 0. The lowest BCUT2D eigenvalue weighted by atomic mass is 10.1. The second kappa shape index (κ2) is 12.0. The summed E-state index contributed by atoms with van der Waals surface area (Å²) in [5.74, 6) is -0.185. The molecule has 0 aliphatic rings. The third-order valence-corrected chi connectivity index (χ3v) is 2.98. The van der Waals surface area contributed by atoms with Crippen LogP contribution in [0, 0.1) is 0 Å². The van der Waals surface area contributed by atoms with Gasteiger partial charge >= 0.3 is 6.09 Å². The Bertz CT molecular complexity index is 358. The van der Waals surface area contributed by atoms with E-state index in [1.165, 1.54) is 11.8 Å². The number of nitrogens with zero attached hydrogens (tertiary/aromatic N) is 1. The first-order valence-electron chi connectivity index (χ1n) is 7.45. The Morgan fingerprint density at radius 3 is 2.45 bits per heavy atom. The van der Waals surface area contributed by atoms with Gasteiger partial charge in [0.1, 0.15) is 6.61 Å². The molecule has 0 saturated carbocycles. The van der Waals surface area contributed by atoms with E-state index in [1.807, 2.05) is 0 Å². The van der Waals surface area contributed by atoms with Crippen LogP contribution in [0.5, 0.6) is 0 Å². The zero-order valence-corrected chi connectivity index (χ0v) is 13.4. The third-order valence-electron chi connectivity index (χ3n) is 2.98. The lowest BCUT2D eigenvalue weighted by Gasteiger charge is -2.22. The van der Waals surface area contributed by atoms with Gasteiger partial charge in [-0.15, -0.1) is 0 Å². The Labute approximate surface area is 131 Å². The molecule has 0 aliphatic carbocycles. The van der Waals surface area contributed by atoms with Crippen molar-refractivity contribution in [2.75, 3.05) is 32.9 Å². The molecule has 1 atom stereocenters. The third kappa shape index (κ3) is 9.36. The molecule has 0 radical (unpaired) electrons. The summed E-state index contributed by atoms with van der Waals surface area (Å²) in [4.78, 5) is 24.3. The normalized spacial score (nSPS) is 11.6. The van der Waals surface area contributed by atoms with Gasteiger partial charge in [0.05, 0.1) is 25.9 Å². The number of aliphatic hydroxyl groups excluding tert-OH is 2. The number of Topliss-reactive ketones (excluding diaryl/α,β-unsaturated/α-hetero) is 1. The molecule has 0 aromatic rings. The number of ether oxygens (including phenoxy) is 2. The van der Waals surface area contributed by atoms with E-state index in [2.05, 4.69) is 6.58 Å². The number of amides is 1. The van der Waals surface area contributed by atoms with Crippen LogP contribution in [0.15, 0.2) is 12.3 Å². The van der Waals surface area contributed by atoms with Crippen molar-refractivity contribution in [3.05, 3.63) is 12.3 Å². The monoisotopic (exact) mass is 317 g/mol. The summed E-state index contributed by atoms with van der Waals surface area (Å²) in [6.07, 6.45) is 0.660. The van der Waals surface area contributed by atoms with Crippen LogP contribution in [0.1, 0.15) is 33.1 Å². The molecular formula is C15H27NO6. The van der Waals surface area contributed by atoms with Gasteiger partial charge in [-0.2, -0.15) is 0 Å². The minimum Gasteiger partial charge on any atom is -0.489 e. The zero-order valence-electron chi connectivity index (χ0n) is 13.4. The maximum absolute atomic E-state index is 11.8. The summed E-state index contributed by atoms with van der Waals surface area (Å²) in [5, 5.41) is 18.0. The van der Waals surface area contributed by atoms with Gasteiger partial charge in [0.2, 0.25) is 0 Å². The average Bonchev–Trinajstić information content (AvgIpc) is 2.48. The molecule has 0 aromatic carbocycles. The van der Waals surface area contributed by atoms with Crippen molar-refractivity contribution in [2.24, 2.45) is 0 Å². The number of carbonyl (C=O) groups excluding carboxylic acids is 2. The first-order chi connectivity index (χ1) is 10.4. The van der Waals surface area contributed by atoms with Crippen LogP contribution in [0.3, 0.4) is 0 Å². The molecule has 0 spiro atoms. The second-order valence-corrected chi connectivity index (χ2v) is 4.85. The van der Waals surface area contributed by atoms with Crippen LogP contribution in [0.4, 0.5) is 4.79 Å². The van der Waals surface area contributed by atoms with Crippen molar-refractivity contribution < 1.29 is 29.3 Å². The number of carbonyl (C=O) groups is 2. The maximum atomic E-state index is 11.8. The lowest BCUT2D eigenvalue weighted by molar-refractivity contribution is -0.116. The van der Waals surface area contributed by atoms with Crippen molar-refractivity contribution in [3.63, 3.8) is 0 Å². The highest BCUT2D eigenvalue weighted by atomic mass is 16.6. The minimum absolute atomic E-state index is 0.0647. The molecule has 22 heavy (non-hydrogen) atoms. The highest BCUT2D eigenvalue weighted by Gasteiger charge is 2.15. The molecule has 2 N–H and O–H groups in total. The topological polar surface area (TPSA) is 96.3 Å². The van der Waals surface area contributed by atoms with Crippen molar-refractivity contribution in [1.82, 2.24) is 4.90 Å². The summed E-state index contributed by atoms with van der Waals surface area (Å²) in [6.45, 7) is 7.48. The van der Waals surface area contributed by atoms with Crippen molar-refractivity contribution in [3.8, 4) is 0 Å². The SMILES string of the molecule is C=C(OCCN(CCCCC(O)CO)C(=O)OCC)C(C)=O. The van der Waals surface area contributed by atoms with Gasteiger partial charge in [-0.25, -0.2) is 4.79 Å². The molecule has 0 bridgehead atoms. The molecule has 0 fully saturated rings. The molecule has 0 rings (SSSR count). The predicted molar refractivity (Wildman–Crippen MR) is 81.3 cm³/mol. The van der Waals surface area contributed by atoms with Crippen LogP contribution in [-0.4, -0.2) is 66.0 Å². The molecule has 0 aromatic heterocycles. The molecule has 0 heterocycles. The smallest absolute Gasteiger partial charge is 0.409 e. The number of hydrogen-bond acceptors (Lipinski definition) is 6. The quantitative estimate of drug-likeness (QED) is 0.318. The fourth-order valence-corrected chi connectivity index (χ4v) is 1.66. The van der Waals surface area contributed by atoms with Crippen molar-refractivity contribution >= 4 is 11.9 Å². The molecule has 1 unspecified atom stereocenters. The van der Waals surface area contributed by atoms with E-state index in [0.29, 0.717) is 25.8 Å². The zero-order chi connectivity index (χ0) is 17.0. The largest absolute Gasteiger partial charge is 0.489 e. The van der Waals surface area contributed by atoms with Gasteiger partial charge in [-0.1, -0.05) is 6.58 Å². The Morgan fingerprint density at radius 1 is 1.23 bits per heavy atom. The summed E-state index contributed by atoms with van der Waals surface area (Å²) in [6, 6.07) is 0. The van der Waals surface area contributed by atoms with Gasteiger partial charge in [0, 0.05) is 13.5 Å². The minimum atomic E-state index is -0.724. The first kappa shape index (κ1) is 20.4. The average molecular weight is 317 g/mol. The Balaban J connectivity index is 4.18. The first-order valence-corrected chi connectivity index (χ1v) is 7.45. The molecule has 0 aliphatic heterocycles. The number of ketones is 1. The summed E-state index contributed by atoms with van der Waals surface area (Å²) >= 11 is 0. The van der Waals surface area contributed by atoms with Crippen LogP contribution >= 0.6 is 0 Å². The standard InChI is InChI=1S/C15H27NO6/c1-4-21-15(20)16(8-6-5-7-14(19)11-17)9-10-22-13(3)12(2)18/h14,17,19H,3-11H2,1-2H3. The summed E-state index contributed by atoms with van der Waals surface area (Å²) in [5.41, 5.74) is 0. The second-order valence-electron chi connectivity index (χ2n) is 4.85. The number of unbranched alkanes of at least 4 members (excludes halogenated alkanes) is 1. The fraction of sp³-hybridized carbons (Fsp3) is 0.733. The number of allylic oxidation sites excluding steroid dienone is 1. The van der Waals surface area contributed by atoms with Gasteiger partial charge in [0.15, 0.2) is 11.5 Å². The highest BCUT2D eigenvalue weighted by Crippen LogP contribution is 2.05. The van der Waals surface area contributed by atoms with Crippen molar-refractivity contribution in [2.45, 2.75) is 39.2 Å². The molecule has 1 amide bonds. The van der Waals surface area contributed by atoms with Gasteiger partial charge in [-0.05, 0) is 26.2 Å². The van der Waals surface area contributed by atoms with E-state index in [9.17, 15) is 14.7 Å². The van der Waals surface area contributed by atoms with E-state index >= 15 is 0 Å². The Kier molecular flexibility index (Phi) is 11.1. The lowest BCUT2D eigenvalue weighted by Crippen LogP contribution is -2.35. The summed E-state index contributed by atoms with van der Waals surface area (Å²) < 4.78 is 10.1. The van der Waals surface area contributed by atoms with E-state index in [-0.39, 0.29) is 37.9 Å². The van der Waals surface area contributed by atoms with E-state index in [0.717, 1.165) is 0 Å². The molecule has 128 valence electrons. The van der Waals surface area contributed by atoms with E-state index in [1.54, 1.807) is 6.92 Å². The van der Waals surface area contributed by atoms with Gasteiger partial charge < -0.3 is 24.6 Å². The predicted octanol–water partition coefficient (Wildman–Crippen LogP) is 1.09. The maximum Gasteiger partial charge on any atom is 0.409 e. The van der Waals surface area contributed by atoms with Crippen LogP contribution in [-0.2, 0) is 14.3 Å². The molecule has 7 nitrogen and oxygen atoms in total. The molecular weight excluding hydrogens is 290 g/mol. The van der Waals surface area contributed by atoms with Gasteiger partial charge in [0.25, 0.3) is 0 Å². The Morgan fingerprint density at radius 2 is 1.91 bits per heavy atom. The number of aliphatic hydroxyl groups is 2. The van der Waals surface area contributed by atoms with Crippen LogP contribution in [0.25, 0.3) is 0 Å². The molecule has 7 heteroatoms. The Hall–Kier alpha value is -1.60. The fourth-order valence-electron chi connectivity index (χ4n) is 1.66. The van der Waals surface area contributed by atoms with Crippen LogP contribution in [0.2, 0.25) is 0 Å². The van der Waals surface area contributed by atoms with Crippen LogP contribution < -0.4 is 0 Å².